The maximum Gasteiger partial charge on any atom is 0.104 e. The number of aliphatic hydroxyl groups excluding tert-OH is 1. The molecule has 3 aliphatic rings. The van der Waals surface area contributed by atoms with Gasteiger partial charge < -0.3 is 5.11 Å². The van der Waals surface area contributed by atoms with Crippen molar-refractivity contribution < 1.29 is 9.50 Å². The molecule has 3 fully saturated rings. The highest BCUT2D eigenvalue weighted by molar-refractivity contribution is 5.36. The van der Waals surface area contributed by atoms with Gasteiger partial charge in [-0.15, -0.1) is 0 Å². The smallest absolute Gasteiger partial charge is 0.104 e. The van der Waals surface area contributed by atoms with Crippen molar-refractivity contribution in [3.63, 3.8) is 0 Å². The van der Waals surface area contributed by atoms with Crippen molar-refractivity contribution in [2.75, 3.05) is 0 Å². The molecule has 1 N–H and O–H groups in total. The molecule has 0 radical (unpaired) electrons. The van der Waals surface area contributed by atoms with Gasteiger partial charge >= 0.3 is 0 Å². The topological polar surface area (TPSA) is 20.2 Å². The maximum absolute atomic E-state index is 14.9. The maximum atomic E-state index is 14.9. The number of fused-ring (bicyclic) bond motifs is 1. The van der Waals surface area contributed by atoms with Gasteiger partial charge in [-0.1, -0.05) is 76.8 Å². The quantitative estimate of drug-likeness (QED) is 0.486. The third-order valence-corrected chi connectivity index (χ3v) is 8.29. The first-order chi connectivity index (χ1) is 13.7. The molecule has 0 unspecified atom stereocenters. The third-order valence-electron chi connectivity index (χ3n) is 8.29. The van der Waals surface area contributed by atoms with Crippen LogP contribution < -0.4 is 0 Å². The lowest BCUT2D eigenvalue weighted by Gasteiger charge is -2.45. The summed E-state index contributed by atoms with van der Waals surface area (Å²) in [6.45, 7) is 13.6. The number of alkyl halides is 1. The minimum atomic E-state index is -0.718. The Labute approximate surface area is 178 Å². The van der Waals surface area contributed by atoms with Crippen molar-refractivity contribution in [1.82, 2.24) is 0 Å². The molecule has 2 heteroatoms. The van der Waals surface area contributed by atoms with Gasteiger partial charge in [0, 0.05) is 6.42 Å². The number of rotatable bonds is 6. The van der Waals surface area contributed by atoms with Crippen LogP contribution in [0, 0.1) is 29.1 Å². The monoisotopic (exact) mass is 402 g/mol. The first-order valence-electron chi connectivity index (χ1n) is 12.1. The summed E-state index contributed by atoms with van der Waals surface area (Å²) in [5, 5.41) is 10.0. The largest absolute Gasteiger partial charge is 0.393 e. The highest BCUT2D eigenvalue weighted by Crippen LogP contribution is 2.60. The molecule has 0 aromatic rings. The molecule has 6 atom stereocenters. The van der Waals surface area contributed by atoms with Crippen LogP contribution in [-0.2, 0) is 0 Å². The van der Waals surface area contributed by atoms with Gasteiger partial charge in [-0.25, -0.2) is 4.39 Å². The van der Waals surface area contributed by atoms with E-state index in [0.717, 1.165) is 36.3 Å². The fourth-order valence-electron chi connectivity index (χ4n) is 6.68. The number of halogens is 1. The van der Waals surface area contributed by atoms with Gasteiger partial charge in [0.2, 0.25) is 0 Å². The Balaban J connectivity index is 1.75. The number of hydrogen-bond donors (Lipinski definition) is 1. The van der Waals surface area contributed by atoms with Gasteiger partial charge in [0.25, 0.3) is 0 Å². The number of aliphatic hydroxyl groups is 1. The SMILES string of the molecule is C=C1CC[C@H](O)C/C1=C/C=C1\C[C@H](F)C[C@]2(C)[C@@H]([C@H](C)CCCC(C)C)CC[C@@H]12. The van der Waals surface area contributed by atoms with E-state index in [9.17, 15) is 9.50 Å². The Morgan fingerprint density at radius 1 is 1.14 bits per heavy atom. The average molecular weight is 403 g/mol. The van der Waals surface area contributed by atoms with E-state index in [2.05, 4.69) is 46.4 Å². The number of hydrogen-bond acceptors (Lipinski definition) is 1. The lowest BCUT2D eigenvalue weighted by Crippen LogP contribution is -2.39. The molecular formula is C27H43FO. The van der Waals surface area contributed by atoms with E-state index in [1.807, 2.05) is 0 Å². The Kier molecular flexibility index (Phi) is 7.46. The van der Waals surface area contributed by atoms with Crippen LogP contribution in [0.2, 0.25) is 0 Å². The second-order valence-electron chi connectivity index (χ2n) is 11.0. The van der Waals surface area contributed by atoms with Gasteiger partial charge in [-0.3, -0.25) is 0 Å². The fraction of sp³-hybridized carbons (Fsp3) is 0.778. The van der Waals surface area contributed by atoms with Crippen LogP contribution in [-0.4, -0.2) is 17.4 Å². The third kappa shape index (κ3) is 5.24. The van der Waals surface area contributed by atoms with Crippen LogP contribution in [0.5, 0.6) is 0 Å². The molecule has 0 aromatic heterocycles. The Morgan fingerprint density at radius 3 is 2.62 bits per heavy atom. The second kappa shape index (κ2) is 9.50. The van der Waals surface area contributed by atoms with Crippen molar-refractivity contribution in [3.8, 4) is 0 Å². The zero-order valence-electron chi connectivity index (χ0n) is 19.2. The molecule has 0 bridgehead atoms. The molecule has 164 valence electrons. The summed E-state index contributed by atoms with van der Waals surface area (Å²) in [6, 6.07) is 0. The standard InChI is InChI=1S/C27H43FO/c1-18(2)7-6-8-20(4)25-13-14-26-22(15-23(28)17-27(25,26)5)11-10-21-16-24(29)12-9-19(21)3/h10-11,18,20,23-26,29H,3,6-9,12-17H2,1-2,4-5H3/b21-10-,22-11+/t20-,23+,24+,25-,26+,27-/m1/s1. The molecule has 0 amide bonds. The lowest BCUT2D eigenvalue weighted by atomic mass is 9.60. The van der Waals surface area contributed by atoms with Gasteiger partial charge in [-0.2, -0.15) is 0 Å². The minimum absolute atomic E-state index is 0.0995. The first-order valence-corrected chi connectivity index (χ1v) is 12.1. The summed E-state index contributed by atoms with van der Waals surface area (Å²) in [5.74, 6) is 2.61. The second-order valence-corrected chi connectivity index (χ2v) is 11.0. The molecule has 0 saturated heterocycles. The normalized spacial score (nSPS) is 39.3. The summed E-state index contributed by atoms with van der Waals surface area (Å²) in [6.07, 6.45) is 13.4. The van der Waals surface area contributed by atoms with Crippen LogP contribution in [0.15, 0.2) is 35.5 Å². The van der Waals surface area contributed by atoms with Crippen LogP contribution in [0.25, 0.3) is 0 Å². The van der Waals surface area contributed by atoms with E-state index in [1.54, 1.807) is 0 Å². The molecule has 0 spiro atoms. The summed E-state index contributed by atoms with van der Waals surface area (Å²) < 4.78 is 14.9. The molecule has 3 rings (SSSR count). The molecule has 1 nitrogen and oxygen atoms in total. The Hall–Kier alpha value is -0.890. The van der Waals surface area contributed by atoms with Crippen LogP contribution in [0.1, 0.15) is 91.9 Å². The summed E-state index contributed by atoms with van der Waals surface area (Å²) >= 11 is 0. The molecule has 0 aliphatic heterocycles. The van der Waals surface area contributed by atoms with Gasteiger partial charge in [-0.05, 0) is 73.2 Å². The molecular weight excluding hydrogens is 359 g/mol. The Bertz CT molecular complexity index is 645. The summed E-state index contributed by atoms with van der Waals surface area (Å²) in [4.78, 5) is 0. The zero-order chi connectivity index (χ0) is 21.2. The lowest BCUT2D eigenvalue weighted by molar-refractivity contribution is 0.0523. The fourth-order valence-corrected chi connectivity index (χ4v) is 6.68. The molecule has 3 aliphatic carbocycles. The zero-order valence-corrected chi connectivity index (χ0v) is 19.2. The van der Waals surface area contributed by atoms with Crippen molar-refractivity contribution in [3.05, 3.63) is 35.5 Å². The summed E-state index contributed by atoms with van der Waals surface area (Å²) in [7, 11) is 0. The van der Waals surface area contributed by atoms with Crippen molar-refractivity contribution in [1.29, 1.82) is 0 Å². The van der Waals surface area contributed by atoms with Crippen LogP contribution in [0.4, 0.5) is 4.39 Å². The van der Waals surface area contributed by atoms with Crippen LogP contribution in [0.3, 0.4) is 0 Å². The molecule has 0 heterocycles. The summed E-state index contributed by atoms with van der Waals surface area (Å²) in [5.41, 5.74) is 3.71. The van der Waals surface area contributed by atoms with Crippen molar-refractivity contribution in [2.45, 2.75) is 104 Å². The highest BCUT2D eigenvalue weighted by atomic mass is 19.1. The van der Waals surface area contributed by atoms with Gasteiger partial charge in [0.05, 0.1) is 6.10 Å². The van der Waals surface area contributed by atoms with E-state index in [4.69, 9.17) is 0 Å². The average Bonchev–Trinajstić information content (AvgIpc) is 2.98. The van der Waals surface area contributed by atoms with Crippen LogP contribution >= 0.6 is 0 Å². The van der Waals surface area contributed by atoms with E-state index in [0.29, 0.717) is 30.6 Å². The van der Waals surface area contributed by atoms with E-state index in [1.165, 1.54) is 37.7 Å². The molecule has 3 saturated carbocycles. The molecule has 29 heavy (non-hydrogen) atoms. The molecule has 0 aromatic carbocycles. The van der Waals surface area contributed by atoms with E-state index < -0.39 is 6.17 Å². The van der Waals surface area contributed by atoms with Gasteiger partial charge in [0.1, 0.15) is 6.17 Å². The first kappa shape index (κ1) is 22.8. The predicted octanol–water partition coefficient (Wildman–Crippen LogP) is 7.57. The Morgan fingerprint density at radius 2 is 1.90 bits per heavy atom. The van der Waals surface area contributed by atoms with E-state index in [-0.39, 0.29) is 11.5 Å². The van der Waals surface area contributed by atoms with E-state index >= 15 is 0 Å². The van der Waals surface area contributed by atoms with Crippen molar-refractivity contribution in [2.24, 2.45) is 29.1 Å². The predicted molar refractivity (Wildman–Crippen MR) is 121 cm³/mol. The van der Waals surface area contributed by atoms with Crippen molar-refractivity contribution >= 4 is 0 Å². The van der Waals surface area contributed by atoms with Gasteiger partial charge in [0.15, 0.2) is 0 Å². The number of allylic oxidation sites excluding steroid dienone is 4. The highest BCUT2D eigenvalue weighted by Gasteiger charge is 2.52. The minimum Gasteiger partial charge on any atom is -0.393 e.